The molecule has 1 saturated carbocycles. The number of halogens is 3. The fourth-order valence-corrected chi connectivity index (χ4v) is 2.97. The third-order valence-electron chi connectivity index (χ3n) is 4.71. The summed E-state index contributed by atoms with van der Waals surface area (Å²) in [6, 6.07) is 5.01. The lowest BCUT2D eigenvalue weighted by Gasteiger charge is -2.17. The van der Waals surface area contributed by atoms with Crippen LogP contribution in [0.5, 0.6) is 0 Å². The Morgan fingerprint density at radius 2 is 2.07 bits per heavy atom. The minimum absolute atomic E-state index is 0.172. The van der Waals surface area contributed by atoms with E-state index in [1.165, 1.54) is 13.0 Å². The Hall–Kier alpha value is -2.71. The molecule has 0 aromatic heterocycles. The van der Waals surface area contributed by atoms with Crippen LogP contribution in [-0.2, 0) is 20.6 Å². The summed E-state index contributed by atoms with van der Waals surface area (Å²) in [5, 5.41) is 5.18. The molecule has 9 heteroatoms. The van der Waals surface area contributed by atoms with Crippen molar-refractivity contribution in [1.29, 1.82) is 0 Å². The van der Waals surface area contributed by atoms with E-state index >= 15 is 0 Å². The number of rotatable bonds is 5. The summed E-state index contributed by atoms with van der Waals surface area (Å²) in [4.78, 5) is 39.0. The van der Waals surface area contributed by atoms with E-state index in [-0.39, 0.29) is 36.5 Å². The molecule has 3 atom stereocenters. The topological polar surface area (TPSA) is 87.6 Å². The molecule has 0 saturated heterocycles. The fraction of sp³-hybridized carbons (Fsp3) is 0.444. The quantitative estimate of drug-likeness (QED) is 0.765. The maximum absolute atomic E-state index is 12.8. The summed E-state index contributed by atoms with van der Waals surface area (Å²) in [5.41, 5.74) is -0.232. The van der Waals surface area contributed by atoms with Gasteiger partial charge in [0.1, 0.15) is 11.8 Å². The lowest BCUT2D eigenvalue weighted by atomic mass is 10.1. The molecule has 6 nitrogen and oxygen atoms in total. The first-order valence-electron chi connectivity index (χ1n) is 8.54. The normalized spacial score (nSPS) is 24.9. The molecule has 144 valence electrons. The van der Waals surface area contributed by atoms with Gasteiger partial charge in [-0.3, -0.25) is 14.4 Å². The highest BCUT2D eigenvalue weighted by molar-refractivity contribution is 6.15. The summed E-state index contributed by atoms with van der Waals surface area (Å²) in [6.07, 6.45) is -3.74. The average Bonchev–Trinajstić information content (AvgIpc) is 3.40. The van der Waals surface area contributed by atoms with Gasteiger partial charge in [0.2, 0.25) is 11.8 Å². The van der Waals surface area contributed by atoms with Crippen molar-refractivity contribution in [2.24, 2.45) is 16.8 Å². The van der Waals surface area contributed by atoms with Crippen molar-refractivity contribution in [2.45, 2.75) is 31.9 Å². The SMILES string of the molecule is C[C@@H]1C(=O)N=C(CCNC(=O)[C@H]2C[C@H]2c2cccc(C(F)(F)F)c2)NC1=O. The van der Waals surface area contributed by atoms with E-state index < -0.39 is 29.5 Å². The van der Waals surface area contributed by atoms with Crippen LogP contribution in [0.1, 0.15) is 36.8 Å². The zero-order valence-electron chi connectivity index (χ0n) is 14.5. The van der Waals surface area contributed by atoms with E-state index in [0.29, 0.717) is 12.0 Å². The Bertz CT molecular complexity index is 820. The molecule has 0 unspecified atom stereocenters. The number of amides is 3. The summed E-state index contributed by atoms with van der Waals surface area (Å²) in [7, 11) is 0. The highest BCUT2D eigenvalue weighted by atomic mass is 19.4. The number of aliphatic imine (C=N–C) groups is 1. The number of benzene rings is 1. The van der Waals surface area contributed by atoms with Crippen LogP contribution in [0.2, 0.25) is 0 Å². The van der Waals surface area contributed by atoms with E-state index in [2.05, 4.69) is 15.6 Å². The van der Waals surface area contributed by atoms with Crippen LogP contribution in [0.25, 0.3) is 0 Å². The van der Waals surface area contributed by atoms with Gasteiger partial charge >= 0.3 is 6.18 Å². The monoisotopic (exact) mass is 381 g/mol. The van der Waals surface area contributed by atoms with Crippen molar-refractivity contribution >= 4 is 23.6 Å². The number of nitrogens with zero attached hydrogens (tertiary/aromatic N) is 1. The maximum atomic E-state index is 12.8. The molecule has 1 aliphatic heterocycles. The molecule has 0 spiro atoms. The summed E-state index contributed by atoms with van der Waals surface area (Å²) in [6.45, 7) is 1.63. The van der Waals surface area contributed by atoms with Crippen LogP contribution in [0.4, 0.5) is 13.2 Å². The number of amidine groups is 1. The first-order chi connectivity index (χ1) is 12.7. The van der Waals surface area contributed by atoms with E-state index in [1.807, 2.05) is 0 Å². The molecule has 3 amide bonds. The summed E-state index contributed by atoms with van der Waals surface area (Å²) in [5.74, 6) is -2.44. The van der Waals surface area contributed by atoms with Gasteiger partial charge in [-0.05, 0) is 30.9 Å². The molecular formula is C18H18F3N3O3. The van der Waals surface area contributed by atoms with Gasteiger partial charge in [-0.2, -0.15) is 18.2 Å². The number of carbonyl (C=O) groups is 3. The third-order valence-corrected chi connectivity index (χ3v) is 4.71. The van der Waals surface area contributed by atoms with Crippen molar-refractivity contribution in [3.8, 4) is 0 Å². The fourth-order valence-electron chi connectivity index (χ4n) is 2.97. The van der Waals surface area contributed by atoms with Gasteiger partial charge in [0, 0.05) is 18.9 Å². The molecule has 1 aromatic carbocycles. The van der Waals surface area contributed by atoms with Crippen molar-refractivity contribution in [2.75, 3.05) is 6.54 Å². The van der Waals surface area contributed by atoms with Crippen molar-refractivity contribution in [1.82, 2.24) is 10.6 Å². The van der Waals surface area contributed by atoms with Gasteiger partial charge in [-0.15, -0.1) is 0 Å². The van der Waals surface area contributed by atoms with Crippen LogP contribution in [0.15, 0.2) is 29.3 Å². The van der Waals surface area contributed by atoms with Crippen molar-refractivity contribution in [3.63, 3.8) is 0 Å². The molecule has 3 rings (SSSR count). The molecule has 0 radical (unpaired) electrons. The average molecular weight is 381 g/mol. The lowest BCUT2D eigenvalue weighted by molar-refractivity contribution is -0.137. The number of nitrogens with one attached hydrogen (secondary N) is 2. The second kappa shape index (κ2) is 7.13. The minimum atomic E-state index is -4.41. The Labute approximate surface area is 153 Å². The zero-order valence-corrected chi connectivity index (χ0v) is 14.5. The Kier molecular flexibility index (Phi) is 5.03. The first kappa shape index (κ1) is 19.1. The van der Waals surface area contributed by atoms with E-state index in [1.54, 1.807) is 6.07 Å². The standard InChI is InChI=1S/C18H18F3N3O3/c1-9-15(25)23-14(24-16(9)26)5-6-22-17(27)13-8-12(13)10-3-2-4-11(7-10)18(19,20)21/h2-4,7,9,12-13H,5-6,8H2,1H3,(H,22,27)(H,23,24,25,26)/t12-,13-/m0/s1. The Balaban J connectivity index is 1.50. The van der Waals surface area contributed by atoms with Crippen LogP contribution in [0.3, 0.4) is 0 Å². The highest BCUT2D eigenvalue weighted by Gasteiger charge is 2.44. The number of alkyl halides is 3. The van der Waals surface area contributed by atoms with Crippen molar-refractivity contribution < 1.29 is 27.6 Å². The van der Waals surface area contributed by atoms with E-state index in [0.717, 1.165) is 12.1 Å². The van der Waals surface area contributed by atoms with Crippen LogP contribution in [0, 0.1) is 11.8 Å². The van der Waals surface area contributed by atoms with E-state index in [9.17, 15) is 27.6 Å². The van der Waals surface area contributed by atoms with Gasteiger partial charge in [0.25, 0.3) is 5.91 Å². The maximum Gasteiger partial charge on any atom is 0.416 e. The molecule has 1 heterocycles. The second-order valence-electron chi connectivity index (χ2n) is 6.72. The smallest absolute Gasteiger partial charge is 0.355 e. The third kappa shape index (κ3) is 4.35. The molecule has 0 bridgehead atoms. The molecule has 2 N–H and O–H groups in total. The number of hydrogen-bond donors (Lipinski definition) is 2. The minimum Gasteiger partial charge on any atom is -0.355 e. The summed E-state index contributed by atoms with van der Waals surface area (Å²) >= 11 is 0. The van der Waals surface area contributed by atoms with Gasteiger partial charge in [-0.25, -0.2) is 0 Å². The predicted octanol–water partition coefficient (Wildman–Crippen LogP) is 2.01. The predicted molar refractivity (Wildman–Crippen MR) is 89.7 cm³/mol. The highest BCUT2D eigenvalue weighted by Crippen LogP contribution is 2.48. The molecule has 1 aliphatic carbocycles. The number of carbonyl (C=O) groups excluding carboxylic acids is 3. The lowest BCUT2D eigenvalue weighted by Crippen LogP contribution is -2.44. The van der Waals surface area contributed by atoms with Crippen LogP contribution < -0.4 is 10.6 Å². The van der Waals surface area contributed by atoms with Gasteiger partial charge in [-0.1, -0.05) is 18.2 Å². The van der Waals surface area contributed by atoms with Crippen LogP contribution >= 0.6 is 0 Å². The largest absolute Gasteiger partial charge is 0.416 e. The Morgan fingerprint density at radius 1 is 1.33 bits per heavy atom. The molecule has 27 heavy (non-hydrogen) atoms. The van der Waals surface area contributed by atoms with Crippen LogP contribution in [-0.4, -0.2) is 30.1 Å². The van der Waals surface area contributed by atoms with Gasteiger partial charge < -0.3 is 10.6 Å². The first-order valence-corrected chi connectivity index (χ1v) is 8.54. The Morgan fingerprint density at radius 3 is 2.74 bits per heavy atom. The summed E-state index contributed by atoms with van der Waals surface area (Å²) < 4.78 is 38.4. The molecule has 1 aromatic rings. The molecular weight excluding hydrogens is 363 g/mol. The van der Waals surface area contributed by atoms with Gasteiger partial charge in [0.05, 0.1) is 5.56 Å². The second-order valence-corrected chi connectivity index (χ2v) is 6.72. The van der Waals surface area contributed by atoms with Crippen molar-refractivity contribution in [3.05, 3.63) is 35.4 Å². The molecule has 1 fully saturated rings. The van der Waals surface area contributed by atoms with Gasteiger partial charge in [0.15, 0.2) is 0 Å². The molecule has 2 aliphatic rings. The number of hydrogen-bond acceptors (Lipinski definition) is 3. The van der Waals surface area contributed by atoms with E-state index in [4.69, 9.17) is 0 Å². The zero-order chi connectivity index (χ0) is 19.8.